The molecule has 11 nitrogen and oxygen atoms in total. The molecule has 172 valence electrons. The maximum Gasteiger partial charge on any atom is 0.352 e. The van der Waals surface area contributed by atoms with E-state index in [2.05, 4.69) is 20.4 Å². The van der Waals surface area contributed by atoms with E-state index in [1.54, 1.807) is 24.2 Å². The number of aliphatic carboxylic acids is 1. The number of pyridine rings is 1. The van der Waals surface area contributed by atoms with E-state index in [1.165, 1.54) is 22.0 Å². The number of fused-ring (bicyclic) bond motifs is 1. The van der Waals surface area contributed by atoms with Crippen LogP contribution in [0.1, 0.15) is 12.1 Å². The van der Waals surface area contributed by atoms with Crippen LogP contribution in [-0.4, -0.2) is 71.6 Å². The number of nitrogens with two attached hydrogens (primary N) is 1. The Morgan fingerprint density at radius 2 is 2.12 bits per heavy atom. The van der Waals surface area contributed by atoms with E-state index in [1.807, 2.05) is 12.1 Å². The molecule has 2 aromatic rings. The molecule has 2 amide bonds. The standard InChI is InChI=1S/C19H18N6O5S3/c20-19-22-11(8-33-19)12(24-30)15(26)23-13-16(27)25-14(18(28)29)9(7-32-17(13)25)3-6-31-10-1-4-21-5-2-10/h1-2,4-5,8,13,17,30H,3,6-7H2,(H2,20,22)(H,23,26)(H,28,29)/b24-12-/t13-,17-/m1/s1. The first-order valence-electron chi connectivity index (χ1n) is 9.57. The van der Waals surface area contributed by atoms with Gasteiger partial charge < -0.3 is 21.4 Å². The summed E-state index contributed by atoms with van der Waals surface area (Å²) in [6.07, 6.45) is 3.88. The normalized spacial score (nSPS) is 20.3. The number of nitrogens with one attached hydrogen (secondary N) is 1. The van der Waals surface area contributed by atoms with Gasteiger partial charge in [-0.1, -0.05) is 5.16 Å². The third kappa shape index (κ3) is 4.67. The van der Waals surface area contributed by atoms with Crippen LogP contribution >= 0.6 is 34.9 Å². The zero-order valence-electron chi connectivity index (χ0n) is 16.9. The summed E-state index contributed by atoms with van der Waals surface area (Å²) in [7, 11) is 0. The van der Waals surface area contributed by atoms with Gasteiger partial charge in [0.05, 0.1) is 0 Å². The van der Waals surface area contributed by atoms with E-state index in [9.17, 15) is 24.7 Å². The van der Waals surface area contributed by atoms with Crippen molar-refractivity contribution in [3.63, 3.8) is 0 Å². The maximum absolute atomic E-state index is 12.8. The zero-order valence-corrected chi connectivity index (χ0v) is 19.3. The molecule has 0 spiro atoms. The molecule has 2 aromatic heterocycles. The van der Waals surface area contributed by atoms with Gasteiger partial charge in [-0.25, -0.2) is 9.78 Å². The molecule has 0 aromatic carbocycles. The molecule has 0 unspecified atom stereocenters. The van der Waals surface area contributed by atoms with E-state index in [0.717, 1.165) is 16.2 Å². The van der Waals surface area contributed by atoms with E-state index >= 15 is 0 Å². The monoisotopic (exact) mass is 506 g/mol. The fraction of sp³-hybridized carbons (Fsp3) is 0.263. The minimum Gasteiger partial charge on any atom is -0.477 e. The van der Waals surface area contributed by atoms with Crippen molar-refractivity contribution in [2.24, 2.45) is 5.16 Å². The molecule has 4 heterocycles. The van der Waals surface area contributed by atoms with Gasteiger partial charge in [-0.2, -0.15) is 0 Å². The summed E-state index contributed by atoms with van der Waals surface area (Å²) < 4.78 is 0. The molecule has 2 aliphatic rings. The number of anilines is 1. The first kappa shape index (κ1) is 23.1. The molecule has 4 rings (SSSR count). The Labute approximate surface area is 200 Å². The molecule has 1 saturated heterocycles. The number of oxime groups is 1. The minimum atomic E-state index is -1.18. The number of hydrogen-bond acceptors (Lipinski definition) is 11. The lowest BCUT2D eigenvalue weighted by Gasteiger charge is -2.49. The second-order valence-electron chi connectivity index (χ2n) is 6.92. The summed E-state index contributed by atoms with van der Waals surface area (Å²) >= 11 is 4.02. The van der Waals surface area contributed by atoms with Crippen LogP contribution in [0.2, 0.25) is 0 Å². The average molecular weight is 507 g/mol. The minimum absolute atomic E-state index is 0.0344. The Bertz CT molecular complexity index is 1150. The van der Waals surface area contributed by atoms with Crippen LogP contribution in [0.4, 0.5) is 5.13 Å². The van der Waals surface area contributed by atoms with Gasteiger partial charge in [-0.05, 0) is 24.1 Å². The Morgan fingerprint density at radius 1 is 1.36 bits per heavy atom. The number of nitrogen functional groups attached to an aromatic ring is 1. The van der Waals surface area contributed by atoms with Gasteiger partial charge in [0.25, 0.3) is 11.8 Å². The van der Waals surface area contributed by atoms with Crippen LogP contribution in [0.3, 0.4) is 0 Å². The average Bonchev–Trinajstić information content (AvgIpc) is 3.23. The molecular formula is C19H18N6O5S3. The van der Waals surface area contributed by atoms with Crippen molar-refractivity contribution in [2.75, 3.05) is 17.2 Å². The highest BCUT2D eigenvalue weighted by Gasteiger charge is 2.54. The lowest BCUT2D eigenvalue weighted by atomic mass is 10.0. The summed E-state index contributed by atoms with van der Waals surface area (Å²) in [6.45, 7) is 0. The van der Waals surface area contributed by atoms with Gasteiger partial charge in [0.1, 0.15) is 22.8 Å². The summed E-state index contributed by atoms with van der Waals surface area (Å²) in [6, 6.07) is 2.80. The Balaban J connectivity index is 1.44. The van der Waals surface area contributed by atoms with E-state index < -0.39 is 29.2 Å². The fourth-order valence-electron chi connectivity index (χ4n) is 3.42. The number of carbonyl (C=O) groups excluding carboxylic acids is 2. The molecule has 0 bridgehead atoms. The number of carboxylic acid groups (broad SMARTS) is 1. The third-order valence-corrected chi connectivity index (χ3v) is 7.97. The molecular weight excluding hydrogens is 488 g/mol. The molecule has 1 fully saturated rings. The first-order chi connectivity index (χ1) is 15.9. The van der Waals surface area contributed by atoms with Crippen LogP contribution in [0.15, 0.2) is 51.2 Å². The van der Waals surface area contributed by atoms with Crippen molar-refractivity contribution < 1.29 is 24.7 Å². The van der Waals surface area contributed by atoms with Gasteiger partial charge >= 0.3 is 5.97 Å². The number of thioether (sulfide) groups is 2. The zero-order chi connectivity index (χ0) is 23.5. The van der Waals surface area contributed by atoms with Crippen LogP contribution in [-0.2, 0) is 14.4 Å². The number of nitrogens with zero attached hydrogens (tertiary/aromatic N) is 4. The first-order valence-corrected chi connectivity index (χ1v) is 12.5. The summed E-state index contributed by atoms with van der Waals surface area (Å²) in [5.74, 6) is -1.45. The SMILES string of the molecule is Nc1nc(/C(=N/O)C(=O)N[C@@H]2C(=O)N3C(C(=O)O)=C(CCSc4ccncc4)CS[C@H]23)cs1. The van der Waals surface area contributed by atoms with Gasteiger partial charge in [-0.3, -0.25) is 19.5 Å². The summed E-state index contributed by atoms with van der Waals surface area (Å²) in [5.41, 5.74) is 5.89. The van der Waals surface area contributed by atoms with Crippen molar-refractivity contribution >= 4 is 63.5 Å². The summed E-state index contributed by atoms with van der Waals surface area (Å²) in [4.78, 5) is 47.4. The van der Waals surface area contributed by atoms with Crippen molar-refractivity contribution in [3.05, 3.63) is 46.9 Å². The smallest absolute Gasteiger partial charge is 0.352 e. The number of rotatable bonds is 8. The quantitative estimate of drug-likeness (QED) is 0.134. The lowest BCUT2D eigenvalue weighted by Crippen LogP contribution is -2.71. The molecule has 0 saturated carbocycles. The number of aromatic nitrogens is 2. The van der Waals surface area contributed by atoms with E-state index in [4.69, 9.17) is 5.73 Å². The molecule has 0 radical (unpaired) electrons. The predicted molar refractivity (Wildman–Crippen MR) is 124 cm³/mol. The van der Waals surface area contributed by atoms with Gasteiger partial charge in [-0.15, -0.1) is 34.9 Å². The third-order valence-electron chi connectivity index (χ3n) is 4.94. The summed E-state index contributed by atoms with van der Waals surface area (Å²) in [5, 5.41) is 25.6. The Kier molecular flexibility index (Phi) is 6.85. The molecule has 2 aliphatic heterocycles. The number of hydrogen-bond donors (Lipinski definition) is 4. The van der Waals surface area contributed by atoms with Crippen molar-refractivity contribution in [1.29, 1.82) is 0 Å². The van der Waals surface area contributed by atoms with Gasteiger partial charge in [0.15, 0.2) is 10.8 Å². The second-order valence-corrected chi connectivity index (χ2v) is 10.1. The van der Waals surface area contributed by atoms with Crippen LogP contribution in [0.5, 0.6) is 0 Å². The number of carboxylic acids is 1. The maximum atomic E-state index is 12.8. The molecule has 14 heteroatoms. The molecule has 2 atom stereocenters. The highest BCUT2D eigenvalue weighted by atomic mass is 32.2. The second kappa shape index (κ2) is 9.80. The van der Waals surface area contributed by atoms with Crippen molar-refractivity contribution in [2.45, 2.75) is 22.7 Å². The predicted octanol–water partition coefficient (Wildman–Crippen LogP) is 1.22. The van der Waals surface area contributed by atoms with Crippen LogP contribution in [0, 0.1) is 0 Å². The lowest BCUT2D eigenvalue weighted by molar-refractivity contribution is -0.150. The van der Waals surface area contributed by atoms with Gasteiger partial charge in [0, 0.05) is 34.2 Å². The van der Waals surface area contributed by atoms with Crippen LogP contribution < -0.4 is 11.1 Å². The number of carbonyl (C=O) groups is 3. The topological polar surface area (TPSA) is 171 Å². The van der Waals surface area contributed by atoms with Crippen molar-refractivity contribution in [3.8, 4) is 0 Å². The van der Waals surface area contributed by atoms with E-state index in [0.29, 0.717) is 23.5 Å². The molecule has 5 N–H and O–H groups in total. The van der Waals surface area contributed by atoms with Crippen molar-refractivity contribution in [1.82, 2.24) is 20.2 Å². The highest BCUT2D eigenvalue weighted by molar-refractivity contribution is 8.00. The Hall–Kier alpha value is -3.10. The number of β-lactam (4-membered cyclic amide) rings is 1. The Morgan fingerprint density at radius 3 is 2.76 bits per heavy atom. The number of thiazole rings is 1. The van der Waals surface area contributed by atoms with Crippen LogP contribution in [0.25, 0.3) is 0 Å². The van der Waals surface area contributed by atoms with Gasteiger partial charge in [0.2, 0.25) is 0 Å². The number of amides is 2. The molecule has 33 heavy (non-hydrogen) atoms. The van der Waals surface area contributed by atoms with E-state index in [-0.39, 0.29) is 22.2 Å². The fourth-order valence-corrected chi connectivity index (χ4v) is 6.25. The molecule has 0 aliphatic carbocycles. The largest absolute Gasteiger partial charge is 0.477 e. The highest BCUT2D eigenvalue weighted by Crippen LogP contribution is 2.41.